The molecule has 36 heavy (non-hydrogen) atoms. The van der Waals surface area contributed by atoms with Crippen molar-refractivity contribution in [3.05, 3.63) is 106 Å². The van der Waals surface area contributed by atoms with Crippen LogP contribution in [0.25, 0.3) is 17.0 Å². The average Bonchev–Trinajstić information content (AvgIpc) is 3.34. The molecule has 1 N–H and O–H groups in total. The van der Waals surface area contributed by atoms with E-state index in [-0.39, 0.29) is 10.7 Å². The molecule has 0 radical (unpaired) electrons. The molecule has 0 unspecified atom stereocenters. The summed E-state index contributed by atoms with van der Waals surface area (Å²) >= 11 is 6.72. The van der Waals surface area contributed by atoms with Crippen LogP contribution in [0, 0.1) is 5.82 Å². The fraction of sp³-hybridized carbons (Fsp3) is 0.0741. The van der Waals surface area contributed by atoms with Crippen LogP contribution in [0.3, 0.4) is 0 Å². The summed E-state index contributed by atoms with van der Waals surface area (Å²) in [6, 6.07) is 20.7. The summed E-state index contributed by atoms with van der Waals surface area (Å²) < 4.78 is 15.5. The van der Waals surface area contributed by atoms with Gasteiger partial charge in [0, 0.05) is 34.4 Å². The first-order valence-corrected chi connectivity index (χ1v) is 12.2. The van der Waals surface area contributed by atoms with E-state index in [4.69, 9.17) is 11.6 Å². The number of carbonyl (C=O) groups is 3. The number of hydrogen-bond donors (Lipinski definition) is 1. The number of nitrogens with one attached hydrogen (secondary N) is 1. The maximum absolute atomic E-state index is 13.5. The molecule has 6 nitrogen and oxygen atoms in total. The van der Waals surface area contributed by atoms with E-state index in [1.54, 1.807) is 36.4 Å². The molecule has 1 saturated heterocycles. The van der Waals surface area contributed by atoms with Gasteiger partial charge < -0.3 is 9.88 Å². The summed E-state index contributed by atoms with van der Waals surface area (Å²) in [5.74, 6) is -1.29. The third-order valence-corrected chi connectivity index (χ3v) is 6.76. The number of rotatable bonds is 6. The lowest BCUT2D eigenvalue weighted by molar-refractivity contribution is -0.127. The molecular weight excluding hydrogens is 501 g/mol. The molecule has 4 aromatic rings. The molecule has 0 saturated carbocycles. The maximum Gasteiger partial charge on any atom is 0.294 e. The van der Waals surface area contributed by atoms with Crippen molar-refractivity contribution in [1.82, 2.24) is 9.47 Å². The third-order valence-electron chi connectivity index (χ3n) is 5.62. The molecule has 2 heterocycles. The Kier molecular flexibility index (Phi) is 6.63. The van der Waals surface area contributed by atoms with Crippen LogP contribution in [0.5, 0.6) is 0 Å². The largest absolute Gasteiger partial charge is 0.343 e. The number of fused-ring (bicyclic) bond motifs is 1. The van der Waals surface area contributed by atoms with Gasteiger partial charge in [-0.25, -0.2) is 4.39 Å². The van der Waals surface area contributed by atoms with Gasteiger partial charge in [0.2, 0.25) is 5.91 Å². The van der Waals surface area contributed by atoms with Gasteiger partial charge in [-0.3, -0.25) is 19.3 Å². The topological polar surface area (TPSA) is 71.4 Å². The zero-order valence-corrected chi connectivity index (χ0v) is 20.4. The summed E-state index contributed by atoms with van der Waals surface area (Å²) in [6.07, 6.45) is 3.56. The molecule has 180 valence electrons. The molecule has 3 amide bonds. The predicted molar refractivity (Wildman–Crippen MR) is 140 cm³/mol. The van der Waals surface area contributed by atoms with Crippen molar-refractivity contribution in [2.75, 3.05) is 11.9 Å². The second-order valence-corrected chi connectivity index (χ2v) is 9.65. The van der Waals surface area contributed by atoms with Gasteiger partial charge >= 0.3 is 0 Å². The highest BCUT2D eigenvalue weighted by Gasteiger charge is 2.36. The van der Waals surface area contributed by atoms with Crippen LogP contribution in [-0.4, -0.2) is 33.1 Å². The lowest BCUT2D eigenvalue weighted by Gasteiger charge is -2.12. The van der Waals surface area contributed by atoms with Gasteiger partial charge in [0.25, 0.3) is 11.1 Å². The Morgan fingerprint density at radius 3 is 2.67 bits per heavy atom. The average molecular weight is 520 g/mol. The first-order valence-electron chi connectivity index (χ1n) is 11.0. The fourth-order valence-corrected chi connectivity index (χ4v) is 5.00. The van der Waals surface area contributed by atoms with Crippen LogP contribution in [-0.2, 0) is 16.1 Å². The van der Waals surface area contributed by atoms with E-state index in [1.807, 2.05) is 41.1 Å². The molecule has 1 aliphatic rings. The summed E-state index contributed by atoms with van der Waals surface area (Å²) in [7, 11) is 0. The molecule has 1 aromatic heterocycles. The number of anilines is 1. The molecule has 0 aliphatic carbocycles. The molecule has 1 fully saturated rings. The molecule has 5 rings (SSSR count). The van der Waals surface area contributed by atoms with Crippen molar-refractivity contribution in [3.63, 3.8) is 0 Å². The van der Waals surface area contributed by atoms with Crippen molar-refractivity contribution in [3.8, 4) is 0 Å². The van der Waals surface area contributed by atoms with Gasteiger partial charge in [0.1, 0.15) is 12.4 Å². The van der Waals surface area contributed by atoms with Crippen molar-refractivity contribution in [1.29, 1.82) is 0 Å². The highest BCUT2D eigenvalue weighted by molar-refractivity contribution is 8.18. The molecular formula is C27H19ClFN3O3S. The van der Waals surface area contributed by atoms with Crippen molar-refractivity contribution in [2.24, 2.45) is 0 Å². The van der Waals surface area contributed by atoms with E-state index in [0.29, 0.717) is 17.3 Å². The number of benzene rings is 3. The number of halogens is 2. The van der Waals surface area contributed by atoms with Crippen molar-refractivity contribution >= 4 is 63.1 Å². The van der Waals surface area contributed by atoms with Gasteiger partial charge in [0.05, 0.1) is 4.91 Å². The van der Waals surface area contributed by atoms with Crippen LogP contribution in [0.15, 0.2) is 83.9 Å². The number of nitrogens with zero attached hydrogens (tertiary/aromatic N) is 2. The fourth-order valence-electron chi connectivity index (χ4n) is 3.98. The lowest BCUT2D eigenvalue weighted by atomic mass is 10.1. The first kappa shape index (κ1) is 23.8. The van der Waals surface area contributed by atoms with E-state index < -0.39 is 23.6 Å². The molecule has 0 spiro atoms. The first-order chi connectivity index (χ1) is 17.4. The minimum atomic E-state index is -0.519. The zero-order valence-electron chi connectivity index (χ0n) is 18.8. The lowest BCUT2D eigenvalue weighted by Crippen LogP contribution is -2.36. The highest BCUT2D eigenvalue weighted by Crippen LogP contribution is 2.33. The summed E-state index contributed by atoms with van der Waals surface area (Å²) in [6.45, 7) is 0.132. The van der Waals surface area contributed by atoms with Gasteiger partial charge in [0.15, 0.2) is 0 Å². The van der Waals surface area contributed by atoms with Crippen LogP contribution >= 0.6 is 23.4 Å². The molecule has 0 atom stereocenters. The molecule has 9 heteroatoms. The molecule has 3 aromatic carbocycles. The molecule has 1 aliphatic heterocycles. The van der Waals surface area contributed by atoms with Gasteiger partial charge in [-0.15, -0.1) is 0 Å². The summed E-state index contributed by atoms with van der Waals surface area (Å²) in [5, 5.41) is 3.54. The van der Waals surface area contributed by atoms with E-state index in [1.165, 1.54) is 12.1 Å². The predicted octanol–water partition coefficient (Wildman–Crippen LogP) is 6.16. The Bertz CT molecular complexity index is 1550. The van der Waals surface area contributed by atoms with Crippen LogP contribution in [0.1, 0.15) is 11.1 Å². The normalized spacial score (nSPS) is 14.7. The Hall–Kier alpha value is -3.88. The van der Waals surface area contributed by atoms with E-state index in [0.717, 1.165) is 38.7 Å². The van der Waals surface area contributed by atoms with Crippen LogP contribution in [0.4, 0.5) is 14.9 Å². The number of imide groups is 1. The zero-order chi connectivity index (χ0) is 25.2. The minimum Gasteiger partial charge on any atom is -0.343 e. The van der Waals surface area contributed by atoms with E-state index >= 15 is 0 Å². The number of thioether (sulfide) groups is 1. The summed E-state index contributed by atoms with van der Waals surface area (Å²) in [4.78, 5) is 38.8. The van der Waals surface area contributed by atoms with Crippen LogP contribution < -0.4 is 5.32 Å². The smallest absolute Gasteiger partial charge is 0.294 e. The van der Waals surface area contributed by atoms with E-state index in [2.05, 4.69) is 5.32 Å². The quantitative estimate of drug-likeness (QED) is 0.310. The van der Waals surface area contributed by atoms with Crippen molar-refractivity contribution < 1.29 is 18.8 Å². The Morgan fingerprint density at radius 1 is 1.03 bits per heavy atom. The number of aromatic nitrogens is 1. The van der Waals surface area contributed by atoms with Gasteiger partial charge in [-0.1, -0.05) is 35.9 Å². The number of hydrogen-bond acceptors (Lipinski definition) is 4. The highest BCUT2D eigenvalue weighted by atomic mass is 35.5. The molecule has 0 bridgehead atoms. The summed E-state index contributed by atoms with van der Waals surface area (Å²) in [5.41, 5.74) is 3.04. The second-order valence-electron chi connectivity index (χ2n) is 8.22. The monoisotopic (exact) mass is 519 g/mol. The maximum atomic E-state index is 13.5. The van der Waals surface area contributed by atoms with Crippen molar-refractivity contribution in [2.45, 2.75) is 6.54 Å². The third kappa shape index (κ3) is 5.19. The second kappa shape index (κ2) is 10.0. The van der Waals surface area contributed by atoms with Crippen LogP contribution in [0.2, 0.25) is 5.02 Å². The van der Waals surface area contributed by atoms with Gasteiger partial charge in [-0.2, -0.15) is 0 Å². The number of amides is 3. The SMILES string of the molecule is O=C(CN1C(=O)S/C(=C/c2ccc3c(ccn3Cc3cccc(F)c3)c2)C1=O)Nc1cccc(Cl)c1. The Morgan fingerprint density at radius 2 is 1.86 bits per heavy atom. The minimum absolute atomic E-state index is 0.245. The standard InChI is InChI=1S/C27H19ClFN3O3S/c28-20-4-2-6-22(14-20)30-25(33)16-32-26(34)24(36-27(32)35)13-17-7-8-23-19(11-17)9-10-31(23)15-18-3-1-5-21(29)12-18/h1-14H,15-16H2,(H,30,33)/b24-13+. The Balaban J connectivity index is 1.29. The number of carbonyl (C=O) groups excluding carboxylic acids is 3. The van der Waals surface area contributed by atoms with Gasteiger partial charge in [-0.05, 0) is 77.5 Å². The Labute approximate surface area is 215 Å². The van der Waals surface area contributed by atoms with E-state index in [9.17, 15) is 18.8 Å².